The molecule has 2 saturated heterocycles. The number of anilines is 3. The number of aromatic nitrogens is 1. The van der Waals surface area contributed by atoms with Gasteiger partial charge in [-0.15, -0.1) is 0 Å². The molecule has 3 heterocycles. The molecule has 56 heavy (non-hydrogen) atoms. The van der Waals surface area contributed by atoms with Crippen LogP contribution in [-0.2, 0) is 15.0 Å². The van der Waals surface area contributed by atoms with E-state index in [2.05, 4.69) is 80.6 Å². The summed E-state index contributed by atoms with van der Waals surface area (Å²) in [5, 5.41) is 16.6. The molecule has 0 spiro atoms. The van der Waals surface area contributed by atoms with E-state index in [0.29, 0.717) is 12.2 Å². The maximum atomic E-state index is 13.4. The van der Waals surface area contributed by atoms with Crippen molar-refractivity contribution in [1.29, 1.82) is 5.26 Å². The summed E-state index contributed by atoms with van der Waals surface area (Å²) in [4.78, 5) is 57.5. The minimum Gasteiger partial charge on any atom is -0.371 e. The Balaban J connectivity index is 1.02. The van der Waals surface area contributed by atoms with Gasteiger partial charge in [0.1, 0.15) is 18.1 Å². The summed E-state index contributed by atoms with van der Waals surface area (Å²) in [5.41, 5.74) is 8.47. The number of likely N-dealkylation sites (N-methyl/N-ethyl adjacent to an activating group) is 2. The molecule has 0 radical (unpaired) electrons. The summed E-state index contributed by atoms with van der Waals surface area (Å²) in [6, 6.07) is 22.3. The molecule has 2 aliphatic heterocycles. The van der Waals surface area contributed by atoms with Crippen molar-refractivity contribution < 1.29 is 23.7 Å². The zero-order chi connectivity index (χ0) is 39.7. The fourth-order valence-corrected chi connectivity index (χ4v) is 8.38. The maximum Gasteiger partial charge on any atom is 0.255 e. The molecule has 3 fully saturated rings. The van der Waals surface area contributed by atoms with Gasteiger partial charge >= 0.3 is 0 Å². The lowest BCUT2D eigenvalue weighted by Gasteiger charge is -2.50. The normalized spacial score (nSPS) is 16.9. The molecule has 290 valence electrons. The summed E-state index contributed by atoms with van der Waals surface area (Å²) < 4.78 is 5.52. The number of amides is 2. The first-order valence-electron chi connectivity index (χ1n) is 19.3. The van der Waals surface area contributed by atoms with Crippen molar-refractivity contribution in [2.24, 2.45) is 5.92 Å². The van der Waals surface area contributed by atoms with Crippen LogP contribution in [0.25, 0.3) is 11.1 Å². The van der Waals surface area contributed by atoms with Crippen molar-refractivity contribution in [1.82, 2.24) is 20.3 Å². The van der Waals surface area contributed by atoms with Crippen molar-refractivity contribution in [2.75, 3.05) is 56.6 Å². The van der Waals surface area contributed by atoms with Crippen LogP contribution in [0.2, 0.25) is 0 Å². The van der Waals surface area contributed by atoms with E-state index < -0.39 is 11.9 Å². The van der Waals surface area contributed by atoms with Crippen molar-refractivity contribution in [2.45, 2.75) is 64.0 Å². The largest absolute Gasteiger partial charge is 0.371 e. The molecule has 1 saturated carbocycles. The van der Waals surface area contributed by atoms with Gasteiger partial charge in [0.2, 0.25) is 5.91 Å². The number of aryl methyl sites for hydroxylation is 3. The number of benzene rings is 3. The molecule has 7 rings (SSSR count). The fraction of sp³-hybridized carbons (Fsp3) is 0.409. The Hall–Kier alpha value is -5.80. The Labute approximate surface area is 328 Å². The van der Waals surface area contributed by atoms with Crippen LogP contribution in [0.1, 0.15) is 69.0 Å². The predicted octanol–water partition coefficient (Wildman–Crippen LogP) is 5.76. The molecular formula is C44H49N7O5. The van der Waals surface area contributed by atoms with Crippen LogP contribution >= 0.6 is 0 Å². The van der Waals surface area contributed by atoms with Crippen LogP contribution in [-0.4, -0.2) is 98.2 Å². The molecule has 1 atom stereocenters. The van der Waals surface area contributed by atoms with E-state index >= 15 is 0 Å². The van der Waals surface area contributed by atoms with Crippen LogP contribution in [0.5, 0.6) is 0 Å². The second kappa shape index (κ2) is 15.7. The SMILES string of the molecule is CNC(=O)C(CCC=O)N(C)C(=O)c1ccc(N2CC(CN3CC(N(c4ccc(C5(C#N)CC5)cc4)c4cc(-c5c(C)noc5C)ccc4C)C3)C2)cc1C=O. The molecule has 2 amide bonds. The zero-order valence-electron chi connectivity index (χ0n) is 32.7. The van der Waals surface area contributed by atoms with Crippen LogP contribution < -0.4 is 15.1 Å². The number of nitrogens with zero attached hydrogens (tertiary/aromatic N) is 6. The Kier molecular flexibility index (Phi) is 10.8. The summed E-state index contributed by atoms with van der Waals surface area (Å²) in [6.45, 7) is 10.5. The number of hydrogen-bond acceptors (Lipinski definition) is 10. The van der Waals surface area contributed by atoms with E-state index in [9.17, 15) is 24.4 Å². The molecule has 1 aromatic heterocycles. The number of hydrogen-bond donors (Lipinski definition) is 1. The highest BCUT2D eigenvalue weighted by Crippen LogP contribution is 2.48. The van der Waals surface area contributed by atoms with Crippen LogP contribution in [0.15, 0.2) is 65.2 Å². The minimum atomic E-state index is -0.826. The van der Waals surface area contributed by atoms with Crippen molar-refractivity contribution in [3.05, 3.63) is 94.4 Å². The Morgan fingerprint density at radius 2 is 1.77 bits per heavy atom. The van der Waals surface area contributed by atoms with E-state index in [1.165, 1.54) is 24.6 Å². The van der Waals surface area contributed by atoms with Crippen molar-refractivity contribution in [3.63, 3.8) is 0 Å². The number of rotatable bonds is 15. The topological polar surface area (TPSA) is 143 Å². The number of likely N-dealkylation sites (tertiary alicyclic amines) is 1. The minimum absolute atomic E-state index is 0.137. The monoisotopic (exact) mass is 755 g/mol. The molecule has 12 nitrogen and oxygen atoms in total. The number of nitriles is 1. The standard InChI is InChI=1S/C44H49N7O5/c1-28-8-9-32(41-29(2)47-56-30(41)3)20-40(28)51(35-12-10-34(11-13-35)44(27-45)16-17-44)37-24-49(25-37)21-31-22-50(23-31)36-14-15-38(33(19-36)26-53)43(55)48(5)39(7-6-18-52)42(54)46-4/h8-15,18-20,26,31,37,39H,6-7,16-17,21-25H2,1-5H3,(H,46,54). The average molecular weight is 756 g/mol. The lowest BCUT2D eigenvalue weighted by Crippen LogP contribution is -2.62. The van der Waals surface area contributed by atoms with E-state index in [4.69, 9.17) is 4.52 Å². The van der Waals surface area contributed by atoms with E-state index in [1.807, 2.05) is 19.9 Å². The Bertz CT molecular complexity index is 2150. The highest BCUT2D eigenvalue weighted by atomic mass is 16.5. The summed E-state index contributed by atoms with van der Waals surface area (Å²) in [6.07, 6.45) is 3.55. The third kappa shape index (κ3) is 7.31. The summed E-state index contributed by atoms with van der Waals surface area (Å²) >= 11 is 0. The first kappa shape index (κ1) is 38.5. The van der Waals surface area contributed by atoms with Gasteiger partial charge in [0.05, 0.1) is 28.8 Å². The molecule has 1 unspecified atom stereocenters. The second-order valence-electron chi connectivity index (χ2n) is 15.6. The van der Waals surface area contributed by atoms with Crippen LogP contribution in [0, 0.1) is 38.0 Å². The number of carbonyl (C=O) groups excluding carboxylic acids is 4. The second-order valence-corrected chi connectivity index (χ2v) is 15.6. The lowest BCUT2D eigenvalue weighted by atomic mass is 9.93. The van der Waals surface area contributed by atoms with Gasteiger partial charge < -0.3 is 29.3 Å². The highest BCUT2D eigenvalue weighted by molar-refractivity contribution is 6.03. The predicted molar refractivity (Wildman–Crippen MR) is 214 cm³/mol. The maximum absolute atomic E-state index is 13.4. The molecule has 1 aliphatic carbocycles. The fourth-order valence-electron chi connectivity index (χ4n) is 8.38. The van der Waals surface area contributed by atoms with E-state index in [-0.39, 0.29) is 41.3 Å². The van der Waals surface area contributed by atoms with E-state index in [0.717, 1.165) is 97.1 Å². The molecule has 0 bridgehead atoms. The van der Waals surface area contributed by atoms with Crippen LogP contribution in [0.3, 0.4) is 0 Å². The Morgan fingerprint density at radius 3 is 2.38 bits per heavy atom. The van der Waals surface area contributed by atoms with Gasteiger partial charge in [-0.25, -0.2) is 0 Å². The molecule has 3 aromatic carbocycles. The molecular weight excluding hydrogens is 707 g/mol. The van der Waals surface area contributed by atoms with Gasteiger partial charge in [-0.1, -0.05) is 29.4 Å². The van der Waals surface area contributed by atoms with Gasteiger partial charge in [0.15, 0.2) is 6.29 Å². The van der Waals surface area contributed by atoms with Crippen molar-refractivity contribution >= 4 is 41.4 Å². The van der Waals surface area contributed by atoms with Gasteiger partial charge in [-0.2, -0.15) is 5.26 Å². The van der Waals surface area contributed by atoms with Gasteiger partial charge in [0, 0.05) is 87.3 Å². The Morgan fingerprint density at radius 1 is 1.04 bits per heavy atom. The van der Waals surface area contributed by atoms with E-state index in [1.54, 1.807) is 12.1 Å². The number of aldehydes is 2. The lowest BCUT2D eigenvalue weighted by molar-refractivity contribution is -0.125. The van der Waals surface area contributed by atoms with Crippen LogP contribution in [0.4, 0.5) is 17.1 Å². The number of carbonyl (C=O) groups is 4. The third-order valence-electron chi connectivity index (χ3n) is 11.9. The van der Waals surface area contributed by atoms with Gasteiger partial charge in [-0.05, 0) is 93.1 Å². The highest BCUT2D eigenvalue weighted by Gasteiger charge is 2.45. The average Bonchev–Trinajstić information content (AvgIpc) is 3.91. The summed E-state index contributed by atoms with van der Waals surface area (Å²) in [7, 11) is 3.00. The molecule has 3 aliphatic rings. The molecule has 1 N–H and O–H groups in total. The molecule has 12 heteroatoms. The third-order valence-corrected chi connectivity index (χ3v) is 11.9. The van der Waals surface area contributed by atoms with Gasteiger partial charge in [0.25, 0.3) is 5.91 Å². The first-order valence-corrected chi connectivity index (χ1v) is 19.3. The first-order chi connectivity index (χ1) is 27.0. The molecule has 4 aromatic rings. The number of nitrogens with one attached hydrogen (secondary N) is 1. The van der Waals surface area contributed by atoms with Crippen molar-refractivity contribution in [3.8, 4) is 17.2 Å². The zero-order valence-corrected chi connectivity index (χ0v) is 32.7. The summed E-state index contributed by atoms with van der Waals surface area (Å²) in [5.74, 6) is 0.431. The quantitative estimate of drug-likeness (QED) is 0.149. The smallest absolute Gasteiger partial charge is 0.255 e. The van der Waals surface area contributed by atoms with Gasteiger partial charge in [-0.3, -0.25) is 19.3 Å².